The largest absolute Gasteiger partial charge is 0.134 e. The van der Waals surface area contributed by atoms with Crippen molar-refractivity contribution in [3.63, 3.8) is 0 Å². The van der Waals surface area contributed by atoms with Gasteiger partial charge in [0.2, 0.25) is 0 Å². The van der Waals surface area contributed by atoms with Crippen LogP contribution in [0.1, 0.15) is 11.1 Å². The predicted molar refractivity (Wildman–Crippen MR) is 84.2 cm³/mol. The zero-order valence-electron chi connectivity index (χ0n) is 10.3. The first-order chi connectivity index (χ1) is 8.74. The van der Waals surface area contributed by atoms with E-state index in [0.29, 0.717) is 0 Å². The van der Waals surface area contributed by atoms with Gasteiger partial charge in [-0.2, -0.15) is 0 Å². The van der Waals surface area contributed by atoms with E-state index in [1.165, 1.54) is 40.7 Å². The van der Waals surface area contributed by atoms with Gasteiger partial charge in [-0.25, -0.2) is 0 Å². The predicted octanol–water partition coefficient (Wildman–Crippen LogP) is 5.89. The third-order valence-corrected chi connectivity index (χ3v) is 5.96. The average molecular weight is 268 g/mol. The lowest BCUT2D eigenvalue weighted by molar-refractivity contribution is 1.52. The zero-order chi connectivity index (χ0) is 12.3. The minimum Gasteiger partial charge on any atom is -0.134 e. The van der Waals surface area contributed by atoms with Gasteiger partial charge in [0.1, 0.15) is 0 Å². The minimum atomic E-state index is 1.34. The molecule has 4 aromatic rings. The lowest BCUT2D eigenvalue weighted by atomic mass is 10.1. The first-order valence-electron chi connectivity index (χ1n) is 6.05. The molecular formula is C16H12S2. The maximum atomic E-state index is 2.30. The van der Waals surface area contributed by atoms with Crippen molar-refractivity contribution in [1.29, 1.82) is 0 Å². The Morgan fingerprint density at radius 3 is 2.56 bits per heavy atom. The summed E-state index contributed by atoms with van der Waals surface area (Å²) in [5, 5.41) is 2.87. The molecule has 0 aliphatic heterocycles. The molecule has 2 heteroatoms. The van der Waals surface area contributed by atoms with E-state index in [4.69, 9.17) is 0 Å². The van der Waals surface area contributed by atoms with Gasteiger partial charge in [0.05, 0.1) is 9.40 Å². The number of hydrogen-bond donors (Lipinski definition) is 0. The van der Waals surface area contributed by atoms with Crippen LogP contribution in [-0.4, -0.2) is 0 Å². The highest BCUT2D eigenvalue weighted by atomic mass is 32.1. The van der Waals surface area contributed by atoms with E-state index < -0.39 is 0 Å². The Hall–Kier alpha value is -1.38. The number of rotatable bonds is 0. The molecule has 18 heavy (non-hydrogen) atoms. The van der Waals surface area contributed by atoms with Gasteiger partial charge in [-0.05, 0) is 37.1 Å². The highest BCUT2D eigenvalue weighted by Crippen LogP contribution is 2.45. The quantitative estimate of drug-likeness (QED) is 0.373. The molecule has 0 atom stereocenters. The molecular weight excluding hydrogens is 256 g/mol. The topological polar surface area (TPSA) is 0 Å². The molecule has 0 aliphatic rings. The van der Waals surface area contributed by atoms with E-state index in [9.17, 15) is 0 Å². The Morgan fingerprint density at radius 1 is 0.833 bits per heavy atom. The fourth-order valence-electron chi connectivity index (χ4n) is 2.57. The molecule has 0 bridgehead atoms. The van der Waals surface area contributed by atoms with Crippen molar-refractivity contribution >= 4 is 52.2 Å². The molecule has 0 aliphatic carbocycles. The lowest BCUT2D eigenvalue weighted by Crippen LogP contribution is -1.70. The maximum Gasteiger partial charge on any atom is 0.0544 e. The molecule has 2 heterocycles. The third-order valence-electron chi connectivity index (χ3n) is 3.47. The van der Waals surface area contributed by atoms with Gasteiger partial charge in [-0.1, -0.05) is 24.3 Å². The van der Waals surface area contributed by atoms with Crippen LogP contribution >= 0.6 is 22.7 Å². The first-order valence-corrected chi connectivity index (χ1v) is 7.68. The highest BCUT2D eigenvalue weighted by Gasteiger charge is 2.12. The summed E-state index contributed by atoms with van der Waals surface area (Å²) in [6, 6.07) is 13.4. The summed E-state index contributed by atoms with van der Waals surface area (Å²) in [4.78, 5) is 0. The van der Waals surface area contributed by atoms with Crippen LogP contribution in [0.5, 0.6) is 0 Å². The molecule has 88 valence electrons. The van der Waals surface area contributed by atoms with Crippen molar-refractivity contribution in [3.05, 3.63) is 47.5 Å². The molecule has 0 saturated carbocycles. The maximum absolute atomic E-state index is 2.30. The summed E-state index contributed by atoms with van der Waals surface area (Å²) in [5.41, 5.74) is 2.74. The van der Waals surface area contributed by atoms with Gasteiger partial charge in [-0.15, -0.1) is 22.7 Å². The fourth-order valence-corrected chi connectivity index (χ4v) is 5.49. The zero-order valence-corrected chi connectivity index (χ0v) is 11.9. The van der Waals surface area contributed by atoms with E-state index in [-0.39, 0.29) is 0 Å². The highest BCUT2D eigenvalue weighted by molar-refractivity contribution is 7.36. The number of thiophene rings is 2. The summed E-state index contributed by atoms with van der Waals surface area (Å²) in [6.45, 7) is 4.38. The lowest BCUT2D eigenvalue weighted by Gasteiger charge is -1.94. The van der Waals surface area contributed by atoms with Crippen molar-refractivity contribution in [2.24, 2.45) is 0 Å². The van der Waals surface area contributed by atoms with E-state index in [1.54, 1.807) is 0 Å². The fraction of sp³-hybridized carbons (Fsp3) is 0.125. The molecule has 0 N–H and O–H groups in total. The van der Waals surface area contributed by atoms with E-state index in [2.05, 4.69) is 50.2 Å². The van der Waals surface area contributed by atoms with Crippen molar-refractivity contribution in [3.8, 4) is 0 Å². The number of hydrogen-bond acceptors (Lipinski definition) is 2. The number of fused-ring (bicyclic) bond motifs is 5. The Morgan fingerprint density at radius 2 is 1.67 bits per heavy atom. The summed E-state index contributed by atoms with van der Waals surface area (Å²) in [7, 11) is 0. The standard InChI is InChI=1S/C16H12S2/c1-9-6-7-11-13(8-9)18-16-14-10(2)4-3-5-12(14)17-15(11)16/h3-8H,1-2H3. The Kier molecular flexibility index (Phi) is 2.08. The van der Waals surface area contributed by atoms with Crippen molar-refractivity contribution in [2.75, 3.05) is 0 Å². The normalized spacial score (nSPS) is 11.9. The molecule has 0 fully saturated rings. The second-order valence-corrected chi connectivity index (χ2v) is 6.91. The van der Waals surface area contributed by atoms with Crippen LogP contribution in [0, 0.1) is 13.8 Å². The molecule has 4 rings (SSSR count). The van der Waals surface area contributed by atoms with Crippen molar-refractivity contribution < 1.29 is 0 Å². The second kappa shape index (κ2) is 3.56. The van der Waals surface area contributed by atoms with E-state index >= 15 is 0 Å². The smallest absolute Gasteiger partial charge is 0.0544 e. The van der Waals surface area contributed by atoms with Crippen LogP contribution in [0.3, 0.4) is 0 Å². The number of benzene rings is 2. The molecule has 0 radical (unpaired) electrons. The first kappa shape index (κ1) is 10.5. The second-order valence-electron chi connectivity index (χ2n) is 4.81. The summed E-state index contributed by atoms with van der Waals surface area (Å²) < 4.78 is 5.76. The van der Waals surface area contributed by atoms with E-state index in [1.807, 2.05) is 22.7 Å². The van der Waals surface area contributed by atoms with Gasteiger partial charge >= 0.3 is 0 Å². The SMILES string of the molecule is Cc1ccc2c(c1)sc1c2sc2cccc(C)c21. The number of aryl methyl sites for hydroxylation is 2. The molecule has 2 aromatic carbocycles. The van der Waals surface area contributed by atoms with Crippen molar-refractivity contribution in [1.82, 2.24) is 0 Å². The van der Waals surface area contributed by atoms with Gasteiger partial charge in [0.15, 0.2) is 0 Å². The molecule has 0 saturated heterocycles. The summed E-state index contributed by atoms with van der Waals surface area (Å²) in [6.07, 6.45) is 0. The third kappa shape index (κ3) is 1.30. The van der Waals surface area contributed by atoms with Crippen LogP contribution in [0.15, 0.2) is 36.4 Å². The monoisotopic (exact) mass is 268 g/mol. The van der Waals surface area contributed by atoms with Crippen LogP contribution < -0.4 is 0 Å². The van der Waals surface area contributed by atoms with Gasteiger partial charge in [0.25, 0.3) is 0 Å². The van der Waals surface area contributed by atoms with Crippen LogP contribution in [0.25, 0.3) is 29.6 Å². The van der Waals surface area contributed by atoms with E-state index in [0.717, 1.165) is 0 Å². The van der Waals surface area contributed by atoms with Gasteiger partial charge in [0, 0.05) is 20.2 Å². The van der Waals surface area contributed by atoms with Crippen LogP contribution in [0.4, 0.5) is 0 Å². The average Bonchev–Trinajstić information content (AvgIpc) is 2.84. The van der Waals surface area contributed by atoms with Crippen molar-refractivity contribution in [2.45, 2.75) is 13.8 Å². The van der Waals surface area contributed by atoms with Gasteiger partial charge in [-0.3, -0.25) is 0 Å². The Bertz CT molecular complexity index is 894. The molecule has 0 spiro atoms. The van der Waals surface area contributed by atoms with Gasteiger partial charge < -0.3 is 0 Å². The summed E-state index contributed by atoms with van der Waals surface area (Å²) >= 11 is 3.86. The molecule has 2 aromatic heterocycles. The Balaban J connectivity index is 2.29. The van der Waals surface area contributed by atoms with Crippen LogP contribution in [0.2, 0.25) is 0 Å². The van der Waals surface area contributed by atoms with Crippen LogP contribution in [-0.2, 0) is 0 Å². The summed E-state index contributed by atoms with van der Waals surface area (Å²) in [5.74, 6) is 0. The minimum absolute atomic E-state index is 1.34. The molecule has 0 amide bonds. The molecule has 0 unspecified atom stereocenters. The molecule has 0 nitrogen and oxygen atoms in total. The Labute approximate surface area is 113 Å².